The molecule has 1 aliphatic heterocycles. The van der Waals surface area contributed by atoms with Crippen LogP contribution in [0, 0.1) is 11.8 Å². The molecule has 7 nitrogen and oxygen atoms in total. The van der Waals surface area contributed by atoms with E-state index in [2.05, 4.69) is 21.2 Å². The van der Waals surface area contributed by atoms with Gasteiger partial charge in [0.1, 0.15) is 11.3 Å². The van der Waals surface area contributed by atoms with Crippen LogP contribution >= 0.6 is 15.9 Å². The van der Waals surface area contributed by atoms with Crippen molar-refractivity contribution in [1.82, 2.24) is 10.2 Å². The Morgan fingerprint density at radius 1 is 1.28 bits per heavy atom. The highest BCUT2D eigenvalue weighted by molar-refractivity contribution is 9.10. The van der Waals surface area contributed by atoms with Crippen molar-refractivity contribution in [3.05, 3.63) is 33.8 Å². The number of hydrogen-bond acceptors (Lipinski definition) is 5. The molecule has 2 saturated carbocycles. The highest BCUT2D eigenvalue weighted by atomic mass is 79.9. The van der Waals surface area contributed by atoms with Gasteiger partial charge in [-0.05, 0) is 55.4 Å². The quantitative estimate of drug-likeness (QED) is 0.321. The van der Waals surface area contributed by atoms with Gasteiger partial charge in [0.05, 0.1) is 0 Å². The van der Waals surface area contributed by atoms with E-state index in [1.165, 1.54) is 11.0 Å². The number of barbiturate groups is 1. The van der Waals surface area contributed by atoms with Crippen molar-refractivity contribution < 1.29 is 23.9 Å². The van der Waals surface area contributed by atoms with Crippen molar-refractivity contribution in [3.63, 3.8) is 0 Å². The maximum Gasteiger partial charge on any atom is 0.331 e. The lowest BCUT2D eigenvalue weighted by Crippen LogP contribution is -2.58. The van der Waals surface area contributed by atoms with Crippen LogP contribution in [0.2, 0.25) is 0 Å². The number of fused-ring (bicyclic) bond motifs is 2. The highest BCUT2D eigenvalue weighted by Crippen LogP contribution is 2.47. The molecule has 1 heterocycles. The minimum Gasteiger partial charge on any atom is -0.426 e. The van der Waals surface area contributed by atoms with Crippen molar-refractivity contribution in [2.75, 3.05) is 0 Å². The molecule has 0 spiro atoms. The monoisotopic (exact) mass is 460 g/mol. The Labute approximate surface area is 176 Å². The van der Waals surface area contributed by atoms with Crippen molar-refractivity contribution in [3.8, 4) is 5.75 Å². The summed E-state index contributed by atoms with van der Waals surface area (Å²) in [7, 11) is 0. The van der Waals surface area contributed by atoms with E-state index in [9.17, 15) is 19.2 Å². The number of imide groups is 2. The molecule has 2 aliphatic carbocycles. The molecule has 152 valence electrons. The predicted molar refractivity (Wildman–Crippen MR) is 108 cm³/mol. The number of hydrogen-bond donors (Lipinski definition) is 1. The summed E-state index contributed by atoms with van der Waals surface area (Å²) in [4.78, 5) is 51.0. The summed E-state index contributed by atoms with van der Waals surface area (Å²) < 4.78 is 6.02. The van der Waals surface area contributed by atoms with Gasteiger partial charge in [0.2, 0.25) is 0 Å². The van der Waals surface area contributed by atoms with Crippen LogP contribution in [-0.4, -0.2) is 34.8 Å². The number of carbonyl (C=O) groups excluding carboxylic acids is 4. The highest BCUT2D eigenvalue weighted by Gasteiger charge is 2.49. The molecule has 1 aromatic carbocycles. The first kappa shape index (κ1) is 19.8. The van der Waals surface area contributed by atoms with Crippen molar-refractivity contribution >= 4 is 45.8 Å². The maximum atomic E-state index is 13.1. The topological polar surface area (TPSA) is 92.8 Å². The van der Waals surface area contributed by atoms with E-state index >= 15 is 0 Å². The Hall–Kier alpha value is -2.48. The molecule has 1 aromatic rings. The third-order valence-electron chi connectivity index (χ3n) is 5.95. The molecule has 29 heavy (non-hydrogen) atoms. The van der Waals surface area contributed by atoms with Crippen LogP contribution < -0.4 is 10.1 Å². The second-order valence-electron chi connectivity index (χ2n) is 7.74. The van der Waals surface area contributed by atoms with Crippen LogP contribution in [0.3, 0.4) is 0 Å². The van der Waals surface area contributed by atoms with Crippen LogP contribution in [-0.2, 0) is 14.4 Å². The molecule has 0 unspecified atom stereocenters. The number of halogens is 1. The van der Waals surface area contributed by atoms with Crippen molar-refractivity contribution in [1.29, 1.82) is 0 Å². The minimum atomic E-state index is -0.743. The van der Waals surface area contributed by atoms with Crippen LogP contribution in [0.4, 0.5) is 4.79 Å². The van der Waals surface area contributed by atoms with Crippen LogP contribution in [0.5, 0.6) is 5.75 Å². The molecule has 8 heteroatoms. The first-order valence-electron chi connectivity index (χ1n) is 9.78. The summed E-state index contributed by atoms with van der Waals surface area (Å²) in [5.74, 6) is -0.671. The van der Waals surface area contributed by atoms with E-state index in [0.717, 1.165) is 25.7 Å². The zero-order valence-electron chi connectivity index (χ0n) is 15.9. The van der Waals surface area contributed by atoms with Crippen molar-refractivity contribution in [2.24, 2.45) is 11.8 Å². The number of ether oxygens (including phenoxy) is 1. The standard InChI is InChI=1S/C21H21BrN2O5/c1-2-18(25)29-17-6-5-14(22)9-13(17)10-15-19(26)23-21(28)24(20(15)27)16-8-11-3-4-12(16)7-11/h5-6,9-12,16H,2-4,7-8H2,1H3,(H,23,26,28)/b15-10-/t11-,12-,16+/m0/s1. The lowest BCUT2D eigenvalue weighted by atomic mass is 9.93. The van der Waals surface area contributed by atoms with Gasteiger partial charge in [-0.1, -0.05) is 29.3 Å². The van der Waals surface area contributed by atoms with Gasteiger partial charge >= 0.3 is 12.0 Å². The van der Waals surface area contributed by atoms with Crippen LogP contribution in [0.1, 0.15) is 44.6 Å². The van der Waals surface area contributed by atoms with Crippen LogP contribution in [0.25, 0.3) is 6.08 Å². The Balaban J connectivity index is 1.68. The third kappa shape index (κ3) is 3.73. The maximum absolute atomic E-state index is 13.1. The van der Waals surface area contributed by atoms with Gasteiger partial charge in [0, 0.05) is 22.5 Å². The number of amides is 4. The molecule has 0 aromatic heterocycles. The van der Waals surface area contributed by atoms with E-state index in [-0.39, 0.29) is 23.8 Å². The second kappa shape index (κ2) is 7.74. The first-order valence-corrected chi connectivity index (χ1v) is 10.6. The molecule has 1 saturated heterocycles. The third-order valence-corrected chi connectivity index (χ3v) is 6.44. The zero-order chi connectivity index (χ0) is 20.7. The fourth-order valence-corrected chi connectivity index (χ4v) is 4.95. The fraction of sp³-hybridized carbons (Fsp3) is 0.429. The summed E-state index contributed by atoms with van der Waals surface area (Å²) >= 11 is 3.35. The number of rotatable bonds is 4. The van der Waals surface area contributed by atoms with Gasteiger partial charge in [-0.3, -0.25) is 24.6 Å². The van der Waals surface area contributed by atoms with Gasteiger partial charge in [0.25, 0.3) is 11.8 Å². The average molecular weight is 461 g/mol. The van der Waals surface area contributed by atoms with Crippen LogP contribution in [0.15, 0.2) is 28.2 Å². The summed E-state index contributed by atoms with van der Waals surface area (Å²) in [5, 5.41) is 2.29. The lowest BCUT2D eigenvalue weighted by Gasteiger charge is -2.35. The largest absolute Gasteiger partial charge is 0.426 e. The smallest absolute Gasteiger partial charge is 0.331 e. The number of urea groups is 1. The molecular weight excluding hydrogens is 440 g/mol. The number of carbonyl (C=O) groups is 4. The van der Waals surface area contributed by atoms with Gasteiger partial charge < -0.3 is 4.74 Å². The summed E-state index contributed by atoms with van der Waals surface area (Å²) in [5.41, 5.74) is 0.265. The first-order chi connectivity index (χ1) is 13.9. The molecule has 1 N–H and O–H groups in total. The zero-order valence-corrected chi connectivity index (χ0v) is 17.5. The van der Waals surface area contributed by atoms with Gasteiger partial charge in [-0.25, -0.2) is 4.79 Å². The van der Waals surface area contributed by atoms with Gasteiger partial charge in [-0.15, -0.1) is 0 Å². The Morgan fingerprint density at radius 2 is 2.07 bits per heavy atom. The second-order valence-corrected chi connectivity index (χ2v) is 8.66. The Bertz CT molecular complexity index is 941. The minimum absolute atomic E-state index is 0.140. The fourth-order valence-electron chi connectivity index (χ4n) is 4.58. The number of nitrogens with one attached hydrogen (secondary N) is 1. The molecule has 4 rings (SSSR count). The molecule has 3 fully saturated rings. The van der Waals surface area contributed by atoms with E-state index in [4.69, 9.17) is 4.74 Å². The lowest BCUT2D eigenvalue weighted by molar-refractivity contribution is -0.134. The van der Waals surface area contributed by atoms with Gasteiger partial charge in [-0.2, -0.15) is 0 Å². The van der Waals surface area contributed by atoms with Crippen molar-refractivity contribution in [2.45, 2.75) is 45.1 Å². The van der Waals surface area contributed by atoms with E-state index in [1.807, 2.05) is 0 Å². The molecule has 4 amide bonds. The van der Waals surface area contributed by atoms with Gasteiger partial charge in [0.15, 0.2) is 0 Å². The number of esters is 1. The van der Waals surface area contributed by atoms with E-state index in [0.29, 0.717) is 21.9 Å². The SMILES string of the molecule is CCC(=O)Oc1ccc(Br)cc1/C=C1/C(=O)NC(=O)N([C@@H]2C[C@H]3CC[C@H]2C3)C1=O. The number of benzene rings is 1. The average Bonchev–Trinajstić information content (AvgIpc) is 3.30. The summed E-state index contributed by atoms with van der Waals surface area (Å²) in [6, 6.07) is 4.13. The van der Waals surface area contributed by atoms with E-state index < -0.39 is 23.8 Å². The molecule has 0 radical (unpaired) electrons. The summed E-state index contributed by atoms with van der Waals surface area (Å²) in [6.07, 6.45) is 5.53. The number of nitrogens with zero attached hydrogens (tertiary/aromatic N) is 1. The molecule has 2 bridgehead atoms. The molecule has 3 aliphatic rings. The van der Waals surface area contributed by atoms with E-state index in [1.54, 1.807) is 25.1 Å². The Kier molecular flexibility index (Phi) is 5.29. The Morgan fingerprint density at radius 3 is 2.72 bits per heavy atom. The predicted octanol–water partition coefficient (Wildman–Crippen LogP) is 3.41. The molecular formula is C21H21BrN2O5. The normalized spacial score (nSPS) is 27.5. The summed E-state index contributed by atoms with van der Waals surface area (Å²) in [6.45, 7) is 1.68. The molecule has 3 atom stereocenters.